The first-order valence-electron chi connectivity index (χ1n) is 10.9. The molecule has 8 nitrogen and oxygen atoms in total. The number of ether oxygens (including phenoxy) is 1. The van der Waals surface area contributed by atoms with Gasteiger partial charge in [0, 0.05) is 26.1 Å². The van der Waals surface area contributed by atoms with Crippen LogP contribution in [0.3, 0.4) is 0 Å². The number of nitrogen functional groups attached to an aromatic ring is 1. The molecule has 1 aliphatic rings. The van der Waals surface area contributed by atoms with Crippen LogP contribution in [0.2, 0.25) is 0 Å². The van der Waals surface area contributed by atoms with Gasteiger partial charge in [0.15, 0.2) is 5.69 Å². The summed E-state index contributed by atoms with van der Waals surface area (Å²) in [6.07, 6.45) is 3.54. The summed E-state index contributed by atoms with van der Waals surface area (Å²) in [5, 5.41) is 0. The van der Waals surface area contributed by atoms with E-state index in [2.05, 4.69) is 25.8 Å². The van der Waals surface area contributed by atoms with Gasteiger partial charge in [-0.2, -0.15) is 0 Å². The van der Waals surface area contributed by atoms with Crippen LogP contribution in [0.25, 0.3) is 0 Å². The van der Waals surface area contributed by atoms with Gasteiger partial charge < -0.3 is 15.4 Å². The van der Waals surface area contributed by atoms with Gasteiger partial charge in [-0.1, -0.05) is 34.6 Å². The van der Waals surface area contributed by atoms with E-state index in [4.69, 9.17) is 10.5 Å². The molecule has 0 aromatic carbocycles. The number of amides is 1. The van der Waals surface area contributed by atoms with Gasteiger partial charge in [-0.15, -0.1) is 0 Å². The molecule has 1 fully saturated rings. The number of aromatic amines is 1. The molecule has 1 aromatic heterocycles. The summed E-state index contributed by atoms with van der Waals surface area (Å²) in [4.78, 5) is 42.2. The SMILES string of the molecule is COCCN(C(=O)C1CCC(C(C)(C)C)CC1)c1c(N)n(CC(C)C)c(=O)[nH]c1=O. The summed E-state index contributed by atoms with van der Waals surface area (Å²) in [6, 6.07) is 0. The number of hydrogen-bond acceptors (Lipinski definition) is 5. The van der Waals surface area contributed by atoms with Crippen molar-refractivity contribution in [3.63, 3.8) is 0 Å². The highest BCUT2D eigenvalue weighted by molar-refractivity contribution is 5.97. The van der Waals surface area contributed by atoms with E-state index in [0.717, 1.165) is 25.7 Å². The lowest BCUT2D eigenvalue weighted by molar-refractivity contribution is -0.124. The van der Waals surface area contributed by atoms with Crippen LogP contribution in [0.1, 0.15) is 60.3 Å². The van der Waals surface area contributed by atoms with E-state index in [1.807, 2.05) is 13.8 Å². The molecule has 170 valence electrons. The van der Waals surface area contributed by atoms with Crippen LogP contribution in [0.4, 0.5) is 11.5 Å². The van der Waals surface area contributed by atoms with Crippen molar-refractivity contribution in [1.29, 1.82) is 0 Å². The molecule has 1 saturated carbocycles. The highest BCUT2D eigenvalue weighted by Crippen LogP contribution is 2.40. The highest BCUT2D eigenvalue weighted by Gasteiger charge is 2.35. The van der Waals surface area contributed by atoms with Crippen LogP contribution in [0, 0.1) is 23.2 Å². The van der Waals surface area contributed by atoms with Gasteiger partial charge in [-0.3, -0.25) is 19.1 Å². The molecule has 0 bridgehead atoms. The van der Waals surface area contributed by atoms with Crippen molar-refractivity contribution in [3.8, 4) is 0 Å². The third-order valence-electron chi connectivity index (χ3n) is 6.12. The van der Waals surface area contributed by atoms with Crippen molar-refractivity contribution in [2.75, 3.05) is 30.9 Å². The van der Waals surface area contributed by atoms with E-state index in [1.165, 1.54) is 9.47 Å². The number of nitrogens with two attached hydrogens (primary N) is 1. The Balaban J connectivity index is 2.38. The fourth-order valence-corrected chi connectivity index (χ4v) is 4.33. The third-order valence-corrected chi connectivity index (χ3v) is 6.12. The zero-order chi connectivity index (χ0) is 22.6. The monoisotopic (exact) mass is 422 g/mol. The number of aromatic nitrogens is 2. The number of hydrogen-bond donors (Lipinski definition) is 2. The normalized spacial score (nSPS) is 19.8. The van der Waals surface area contributed by atoms with E-state index in [0.29, 0.717) is 12.5 Å². The Morgan fingerprint density at radius 1 is 1.23 bits per heavy atom. The molecule has 1 aromatic rings. The molecule has 2 rings (SSSR count). The maximum absolute atomic E-state index is 13.5. The molecular weight excluding hydrogens is 384 g/mol. The van der Waals surface area contributed by atoms with Crippen LogP contribution in [0.15, 0.2) is 9.59 Å². The maximum atomic E-state index is 13.5. The van der Waals surface area contributed by atoms with E-state index in [1.54, 1.807) is 7.11 Å². The van der Waals surface area contributed by atoms with Crippen LogP contribution in [0.5, 0.6) is 0 Å². The van der Waals surface area contributed by atoms with Crippen molar-refractivity contribution in [2.24, 2.45) is 23.2 Å². The summed E-state index contributed by atoms with van der Waals surface area (Å²) in [5.41, 5.74) is 5.34. The van der Waals surface area contributed by atoms with Gasteiger partial charge in [-0.25, -0.2) is 4.79 Å². The van der Waals surface area contributed by atoms with E-state index < -0.39 is 11.2 Å². The molecule has 1 heterocycles. The largest absolute Gasteiger partial charge is 0.383 e. The Morgan fingerprint density at radius 2 is 1.83 bits per heavy atom. The second-order valence-corrected chi connectivity index (χ2v) is 9.89. The fourth-order valence-electron chi connectivity index (χ4n) is 4.33. The number of carbonyl (C=O) groups excluding carboxylic acids is 1. The third kappa shape index (κ3) is 5.53. The number of carbonyl (C=O) groups is 1. The molecule has 8 heteroatoms. The number of H-pyrrole nitrogens is 1. The number of anilines is 2. The number of rotatable bonds is 7. The van der Waals surface area contributed by atoms with E-state index in [9.17, 15) is 14.4 Å². The minimum absolute atomic E-state index is 0.0327. The Morgan fingerprint density at radius 3 is 2.33 bits per heavy atom. The minimum atomic E-state index is -0.634. The van der Waals surface area contributed by atoms with E-state index in [-0.39, 0.29) is 47.8 Å². The van der Waals surface area contributed by atoms with Crippen LogP contribution in [-0.4, -0.2) is 35.7 Å². The number of methoxy groups -OCH3 is 1. The average Bonchev–Trinajstić information content (AvgIpc) is 2.66. The first-order valence-corrected chi connectivity index (χ1v) is 10.9. The average molecular weight is 423 g/mol. The Bertz CT molecular complexity index is 842. The second kappa shape index (κ2) is 9.81. The molecule has 0 spiro atoms. The number of nitrogens with zero attached hydrogens (tertiary/aromatic N) is 2. The molecule has 0 radical (unpaired) electrons. The molecule has 0 atom stereocenters. The van der Waals surface area contributed by atoms with Crippen molar-refractivity contribution >= 4 is 17.4 Å². The van der Waals surface area contributed by atoms with E-state index >= 15 is 0 Å². The van der Waals surface area contributed by atoms with Crippen molar-refractivity contribution in [2.45, 2.75) is 66.8 Å². The Hall–Kier alpha value is -2.09. The topological polar surface area (TPSA) is 110 Å². The smallest absolute Gasteiger partial charge is 0.330 e. The van der Waals surface area contributed by atoms with Gasteiger partial charge in [0.2, 0.25) is 5.91 Å². The molecule has 0 saturated heterocycles. The lowest BCUT2D eigenvalue weighted by atomic mass is 9.69. The van der Waals surface area contributed by atoms with Gasteiger partial charge in [0.1, 0.15) is 5.82 Å². The first-order chi connectivity index (χ1) is 14.0. The lowest BCUT2D eigenvalue weighted by Crippen LogP contribution is -2.46. The second-order valence-electron chi connectivity index (χ2n) is 9.89. The Kier molecular flexibility index (Phi) is 7.91. The first kappa shape index (κ1) is 24.2. The molecule has 30 heavy (non-hydrogen) atoms. The standard InChI is InChI=1S/C22H38N4O4/c1-14(2)13-26-18(23)17(19(27)24-21(26)29)25(11-12-30-6)20(28)15-7-9-16(10-8-15)22(3,4)5/h14-16H,7-13,23H2,1-6H3,(H,24,27,29). The van der Waals surface area contributed by atoms with Gasteiger partial charge >= 0.3 is 5.69 Å². The molecular formula is C22H38N4O4. The molecule has 0 unspecified atom stereocenters. The Labute approximate surface area is 178 Å². The molecule has 1 aliphatic carbocycles. The zero-order valence-corrected chi connectivity index (χ0v) is 19.3. The summed E-state index contributed by atoms with van der Waals surface area (Å²) >= 11 is 0. The van der Waals surface area contributed by atoms with Crippen molar-refractivity contribution < 1.29 is 9.53 Å². The molecule has 1 amide bonds. The van der Waals surface area contributed by atoms with Gasteiger partial charge in [-0.05, 0) is 42.9 Å². The predicted octanol–water partition coefficient (Wildman–Crippen LogP) is 2.61. The summed E-state index contributed by atoms with van der Waals surface area (Å²) in [5.74, 6) is 0.483. The van der Waals surface area contributed by atoms with Crippen molar-refractivity contribution in [3.05, 3.63) is 20.8 Å². The predicted molar refractivity (Wildman–Crippen MR) is 120 cm³/mol. The molecule has 3 N–H and O–H groups in total. The van der Waals surface area contributed by atoms with Crippen LogP contribution < -0.4 is 21.9 Å². The van der Waals surface area contributed by atoms with Crippen LogP contribution in [-0.2, 0) is 16.1 Å². The summed E-state index contributed by atoms with van der Waals surface area (Å²) < 4.78 is 6.51. The summed E-state index contributed by atoms with van der Waals surface area (Å²) in [6.45, 7) is 11.5. The highest BCUT2D eigenvalue weighted by atomic mass is 16.5. The molecule has 0 aliphatic heterocycles. The number of nitrogens with one attached hydrogen (secondary N) is 1. The summed E-state index contributed by atoms with van der Waals surface area (Å²) in [7, 11) is 1.55. The van der Waals surface area contributed by atoms with Crippen molar-refractivity contribution in [1.82, 2.24) is 9.55 Å². The van der Waals surface area contributed by atoms with Gasteiger partial charge in [0.25, 0.3) is 5.56 Å². The minimum Gasteiger partial charge on any atom is -0.383 e. The quantitative estimate of drug-likeness (QED) is 0.702. The maximum Gasteiger partial charge on any atom is 0.330 e. The van der Waals surface area contributed by atoms with Crippen LogP contribution >= 0.6 is 0 Å². The fraction of sp³-hybridized carbons (Fsp3) is 0.773. The van der Waals surface area contributed by atoms with Gasteiger partial charge in [0.05, 0.1) is 6.61 Å². The zero-order valence-electron chi connectivity index (χ0n) is 19.3. The lowest BCUT2D eigenvalue weighted by Gasteiger charge is -2.38.